The highest BCUT2D eigenvalue weighted by molar-refractivity contribution is 6.31. The third-order valence-electron chi connectivity index (χ3n) is 3.85. The molecular weight excluding hydrogens is 232 g/mol. The van der Waals surface area contributed by atoms with Crippen LogP contribution in [-0.4, -0.2) is 17.0 Å². The molecular formula is C14H21ClN2. The summed E-state index contributed by atoms with van der Waals surface area (Å²) in [5.41, 5.74) is 7.64. The van der Waals surface area contributed by atoms with Crippen molar-refractivity contribution in [3.05, 3.63) is 28.8 Å². The van der Waals surface area contributed by atoms with Gasteiger partial charge in [-0.25, -0.2) is 0 Å². The zero-order valence-electron chi connectivity index (χ0n) is 10.6. The monoisotopic (exact) mass is 252 g/mol. The highest BCUT2D eigenvalue weighted by Gasteiger charge is 2.29. The molecule has 2 N–H and O–H groups in total. The van der Waals surface area contributed by atoms with Crippen molar-refractivity contribution < 1.29 is 0 Å². The molecule has 1 aliphatic heterocycles. The van der Waals surface area contributed by atoms with E-state index in [0.29, 0.717) is 12.1 Å². The molecule has 1 heterocycles. The summed E-state index contributed by atoms with van der Waals surface area (Å²) < 4.78 is 0. The van der Waals surface area contributed by atoms with Gasteiger partial charge in [0, 0.05) is 29.3 Å². The first-order valence-corrected chi connectivity index (χ1v) is 6.79. The van der Waals surface area contributed by atoms with Crippen molar-refractivity contribution in [3.8, 4) is 0 Å². The summed E-state index contributed by atoms with van der Waals surface area (Å²) in [4.78, 5) is 2.57. The van der Waals surface area contributed by atoms with E-state index in [1.54, 1.807) is 0 Å². The average molecular weight is 253 g/mol. The van der Waals surface area contributed by atoms with Gasteiger partial charge >= 0.3 is 0 Å². The summed E-state index contributed by atoms with van der Waals surface area (Å²) in [6.45, 7) is 5.51. The molecule has 2 atom stereocenters. The maximum Gasteiger partial charge on any atom is 0.0471 e. The lowest BCUT2D eigenvalue weighted by molar-refractivity contribution is 0.189. The van der Waals surface area contributed by atoms with Gasteiger partial charge in [0.05, 0.1) is 0 Å². The lowest BCUT2D eigenvalue weighted by Gasteiger charge is -2.28. The molecule has 2 nitrogen and oxygen atoms in total. The number of rotatable bonds is 3. The summed E-state index contributed by atoms with van der Waals surface area (Å²) in [7, 11) is 0. The minimum Gasteiger partial charge on any atom is -0.399 e. The Morgan fingerprint density at radius 2 is 2.18 bits per heavy atom. The summed E-state index contributed by atoms with van der Waals surface area (Å²) in [6, 6.07) is 7.20. The first kappa shape index (κ1) is 12.7. The molecule has 0 spiro atoms. The van der Waals surface area contributed by atoms with Crippen LogP contribution in [0.1, 0.15) is 38.7 Å². The summed E-state index contributed by atoms with van der Waals surface area (Å²) in [5, 5.41) is 0.791. The van der Waals surface area contributed by atoms with E-state index >= 15 is 0 Å². The highest BCUT2D eigenvalue weighted by atomic mass is 35.5. The molecule has 0 radical (unpaired) electrons. The Hall–Kier alpha value is -0.730. The molecule has 2 rings (SSSR count). The fourth-order valence-corrected chi connectivity index (χ4v) is 2.99. The smallest absolute Gasteiger partial charge is 0.0471 e. The molecule has 0 amide bonds. The standard InChI is InChI=1S/C14H21ClN2/c1-3-13-7-4-10(2)17(13)9-11-5-6-12(16)8-14(11)15/h5-6,8,10,13H,3-4,7,9,16H2,1-2H3. The maximum absolute atomic E-state index is 6.24. The number of halogens is 1. The molecule has 17 heavy (non-hydrogen) atoms. The van der Waals surface area contributed by atoms with Crippen molar-refractivity contribution in [2.75, 3.05) is 5.73 Å². The molecule has 0 saturated carbocycles. The van der Waals surface area contributed by atoms with Gasteiger partial charge in [-0.1, -0.05) is 24.6 Å². The Labute approximate surface area is 109 Å². The predicted octanol–water partition coefficient (Wildman–Crippen LogP) is 3.69. The molecule has 94 valence electrons. The molecule has 0 aromatic heterocycles. The molecule has 0 aliphatic carbocycles. The van der Waals surface area contributed by atoms with Crippen molar-refractivity contribution in [2.24, 2.45) is 0 Å². The van der Waals surface area contributed by atoms with Crippen molar-refractivity contribution in [1.29, 1.82) is 0 Å². The number of hydrogen-bond donors (Lipinski definition) is 1. The third-order valence-corrected chi connectivity index (χ3v) is 4.21. The van der Waals surface area contributed by atoms with Crippen LogP contribution in [0.3, 0.4) is 0 Å². The van der Waals surface area contributed by atoms with Crippen LogP contribution in [0.15, 0.2) is 18.2 Å². The second-order valence-electron chi connectivity index (χ2n) is 5.01. The number of nitrogen functional groups attached to an aromatic ring is 1. The minimum absolute atomic E-state index is 0.661. The van der Waals surface area contributed by atoms with Gasteiger partial charge in [0.15, 0.2) is 0 Å². The normalized spacial score (nSPS) is 25.4. The lowest BCUT2D eigenvalue weighted by atomic mass is 10.1. The predicted molar refractivity (Wildman–Crippen MR) is 74.2 cm³/mol. The Morgan fingerprint density at radius 1 is 1.41 bits per heavy atom. The summed E-state index contributed by atoms with van der Waals surface area (Å²) in [6.07, 6.45) is 3.83. The number of anilines is 1. The Morgan fingerprint density at radius 3 is 2.82 bits per heavy atom. The second kappa shape index (κ2) is 5.28. The van der Waals surface area contributed by atoms with Crippen LogP contribution in [0.5, 0.6) is 0 Å². The van der Waals surface area contributed by atoms with E-state index in [4.69, 9.17) is 17.3 Å². The number of hydrogen-bond acceptors (Lipinski definition) is 2. The first-order valence-electron chi connectivity index (χ1n) is 6.41. The van der Waals surface area contributed by atoms with Crippen LogP contribution in [0.2, 0.25) is 5.02 Å². The lowest BCUT2D eigenvalue weighted by Crippen LogP contribution is -2.33. The zero-order chi connectivity index (χ0) is 12.4. The molecule has 1 saturated heterocycles. The van der Waals surface area contributed by atoms with Crippen molar-refractivity contribution in [1.82, 2.24) is 4.90 Å². The van der Waals surface area contributed by atoms with E-state index in [2.05, 4.69) is 24.8 Å². The number of nitrogens with two attached hydrogens (primary N) is 1. The maximum atomic E-state index is 6.24. The van der Waals surface area contributed by atoms with Crippen LogP contribution < -0.4 is 5.73 Å². The van der Waals surface area contributed by atoms with Crippen LogP contribution in [0.25, 0.3) is 0 Å². The Balaban J connectivity index is 2.14. The van der Waals surface area contributed by atoms with Crippen LogP contribution >= 0.6 is 11.6 Å². The van der Waals surface area contributed by atoms with Crippen molar-refractivity contribution >= 4 is 17.3 Å². The third kappa shape index (κ3) is 2.75. The molecule has 1 aromatic carbocycles. The largest absolute Gasteiger partial charge is 0.399 e. The minimum atomic E-state index is 0.661. The van der Waals surface area contributed by atoms with Crippen molar-refractivity contribution in [3.63, 3.8) is 0 Å². The van der Waals surface area contributed by atoms with E-state index < -0.39 is 0 Å². The van der Waals surface area contributed by atoms with Gasteiger partial charge in [0.1, 0.15) is 0 Å². The second-order valence-corrected chi connectivity index (χ2v) is 5.42. The van der Waals surface area contributed by atoms with Gasteiger partial charge in [0.2, 0.25) is 0 Å². The SMILES string of the molecule is CCC1CCC(C)N1Cc1ccc(N)cc1Cl. The number of benzene rings is 1. The van der Waals surface area contributed by atoms with Crippen LogP contribution in [0, 0.1) is 0 Å². The van der Waals surface area contributed by atoms with Gasteiger partial charge < -0.3 is 5.73 Å². The van der Waals surface area contributed by atoms with Gasteiger partial charge in [0.25, 0.3) is 0 Å². The van der Waals surface area contributed by atoms with E-state index in [1.165, 1.54) is 24.8 Å². The van der Waals surface area contributed by atoms with Gasteiger partial charge in [-0.15, -0.1) is 0 Å². The van der Waals surface area contributed by atoms with E-state index in [1.807, 2.05) is 12.1 Å². The van der Waals surface area contributed by atoms with Gasteiger partial charge in [-0.3, -0.25) is 4.90 Å². The Bertz CT molecular complexity index is 392. The topological polar surface area (TPSA) is 29.3 Å². The molecule has 2 unspecified atom stereocenters. The summed E-state index contributed by atoms with van der Waals surface area (Å²) >= 11 is 6.24. The van der Waals surface area contributed by atoms with Gasteiger partial charge in [-0.05, 0) is 43.9 Å². The average Bonchev–Trinajstić information content (AvgIpc) is 2.64. The Kier molecular flexibility index (Phi) is 3.95. The molecule has 3 heteroatoms. The van der Waals surface area contributed by atoms with E-state index in [0.717, 1.165) is 17.3 Å². The van der Waals surface area contributed by atoms with Gasteiger partial charge in [-0.2, -0.15) is 0 Å². The number of likely N-dealkylation sites (tertiary alicyclic amines) is 1. The van der Waals surface area contributed by atoms with E-state index in [-0.39, 0.29) is 0 Å². The number of nitrogens with zero attached hydrogens (tertiary/aromatic N) is 1. The van der Waals surface area contributed by atoms with Crippen LogP contribution in [-0.2, 0) is 6.54 Å². The highest BCUT2D eigenvalue weighted by Crippen LogP contribution is 2.30. The summed E-state index contributed by atoms with van der Waals surface area (Å²) in [5.74, 6) is 0. The first-order chi connectivity index (χ1) is 8.11. The van der Waals surface area contributed by atoms with Crippen LogP contribution in [0.4, 0.5) is 5.69 Å². The molecule has 1 aromatic rings. The van der Waals surface area contributed by atoms with E-state index in [9.17, 15) is 0 Å². The molecule has 1 fully saturated rings. The van der Waals surface area contributed by atoms with Crippen molar-refractivity contribution in [2.45, 2.75) is 51.7 Å². The fraction of sp³-hybridized carbons (Fsp3) is 0.571. The molecule has 1 aliphatic rings. The molecule has 0 bridgehead atoms. The fourth-order valence-electron chi connectivity index (χ4n) is 2.74. The quantitative estimate of drug-likeness (QED) is 0.832. The zero-order valence-corrected chi connectivity index (χ0v) is 11.4.